The number of carbonyl (C=O) groups excluding carboxylic acids is 1. The molecular formula is C12H16ClN3OS. The Bertz CT molecular complexity index is 430. The molecule has 0 aromatic carbocycles. The van der Waals surface area contributed by atoms with Gasteiger partial charge in [0.05, 0.1) is 5.56 Å². The maximum atomic E-state index is 11.0. The van der Waals surface area contributed by atoms with Gasteiger partial charge in [-0.25, -0.2) is 9.97 Å². The summed E-state index contributed by atoms with van der Waals surface area (Å²) in [6, 6.07) is 0.374. The smallest absolute Gasteiger partial charge is 0.156 e. The number of anilines is 1. The number of nitrogens with zero attached hydrogens (tertiary/aromatic N) is 2. The Balaban J connectivity index is 2.02. The third kappa shape index (κ3) is 3.14. The lowest BCUT2D eigenvalue weighted by Crippen LogP contribution is -2.18. The van der Waals surface area contributed by atoms with Gasteiger partial charge in [0.2, 0.25) is 0 Å². The Morgan fingerprint density at radius 1 is 1.56 bits per heavy atom. The van der Waals surface area contributed by atoms with Gasteiger partial charge in [-0.05, 0) is 25.0 Å². The van der Waals surface area contributed by atoms with Gasteiger partial charge >= 0.3 is 0 Å². The predicted molar refractivity (Wildman–Crippen MR) is 75.6 cm³/mol. The number of thioether (sulfide) groups is 1. The van der Waals surface area contributed by atoms with Crippen molar-refractivity contribution in [3.63, 3.8) is 0 Å². The zero-order valence-corrected chi connectivity index (χ0v) is 11.8. The molecule has 0 aliphatic heterocycles. The number of hydrogen-bond donors (Lipinski definition) is 1. The quantitative estimate of drug-likeness (QED) is 0.666. The van der Waals surface area contributed by atoms with Crippen LogP contribution >= 0.6 is 23.4 Å². The lowest BCUT2D eigenvalue weighted by molar-refractivity contribution is 0.112. The van der Waals surface area contributed by atoms with E-state index in [-0.39, 0.29) is 5.15 Å². The van der Waals surface area contributed by atoms with Crippen LogP contribution in [0.25, 0.3) is 0 Å². The van der Waals surface area contributed by atoms with Gasteiger partial charge in [-0.15, -0.1) is 0 Å². The second-order valence-corrected chi connectivity index (χ2v) is 6.21. The molecule has 0 saturated heterocycles. The summed E-state index contributed by atoms with van der Waals surface area (Å²) in [7, 11) is 0. The molecular weight excluding hydrogens is 270 g/mol. The van der Waals surface area contributed by atoms with E-state index < -0.39 is 0 Å². The van der Waals surface area contributed by atoms with Crippen LogP contribution in [0.1, 0.15) is 36.5 Å². The molecule has 1 saturated carbocycles. The van der Waals surface area contributed by atoms with E-state index in [4.69, 9.17) is 11.6 Å². The number of aromatic nitrogens is 2. The summed E-state index contributed by atoms with van der Waals surface area (Å²) in [5.74, 6) is 1.70. The molecule has 0 spiro atoms. The average molecular weight is 286 g/mol. The van der Waals surface area contributed by atoms with E-state index in [0.29, 0.717) is 29.0 Å². The minimum absolute atomic E-state index is 0.208. The van der Waals surface area contributed by atoms with Gasteiger partial charge in [0.1, 0.15) is 17.3 Å². The fourth-order valence-corrected chi connectivity index (χ4v) is 3.57. The first kappa shape index (κ1) is 13.6. The molecule has 98 valence electrons. The summed E-state index contributed by atoms with van der Waals surface area (Å²) in [6.45, 7) is 2.18. The topological polar surface area (TPSA) is 54.9 Å². The molecule has 1 aliphatic carbocycles. The first-order valence-electron chi connectivity index (χ1n) is 6.08. The van der Waals surface area contributed by atoms with Crippen LogP contribution in [0.5, 0.6) is 0 Å². The van der Waals surface area contributed by atoms with Crippen molar-refractivity contribution in [3.05, 3.63) is 17.0 Å². The number of carbonyl (C=O) groups is 1. The second-order valence-electron chi connectivity index (χ2n) is 4.28. The van der Waals surface area contributed by atoms with E-state index in [1.807, 2.05) is 11.8 Å². The largest absolute Gasteiger partial charge is 0.367 e. The van der Waals surface area contributed by atoms with Crippen LogP contribution in [-0.4, -0.2) is 33.3 Å². The molecule has 2 unspecified atom stereocenters. The summed E-state index contributed by atoms with van der Waals surface area (Å²) in [4.78, 5) is 18.9. The average Bonchev–Trinajstić information content (AvgIpc) is 2.77. The maximum Gasteiger partial charge on any atom is 0.156 e. The van der Waals surface area contributed by atoms with E-state index in [2.05, 4.69) is 22.2 Å². The number of nitrogens with one attached hydrogen (secondary N) is 1. The standard InChI is InChI=1S/C12H16ClN3OS/c1-2-18-9-4-3-8(5-9)16-12-10(6-17)11(13)14-7-15-12/h6-9H,2-5H2,1H3,(H,14,15,16). The van der Waals surface area contributed by atoms with Gasteiger partial charge in [-0.1, -0.05) is 18.5 Å². The van der Waals surface area contributed by atoms with Crippen molar-refractivity contribution in [2.45, 2.75) is 37.5 Å². The highest BCUT2D eigenvalue weighted by molar-refractivity contribution is 7.99. The van der Waals surface area contributed by atoms with Crippen LogP contribution in [0.3, 0.4) is 0 Å². The lowest BCUT2D eigenvalue weighted by Gasteiger charge is -2.15. The molecule has 1 N–H and O–H groups in total. The van der Waals surface area contributed by atoms with Gasteiger partial charge in [-0.2, -0.15) is 11.8 Å². The van der Waals surface area contributed by atoms with Crippen molar-refractivity contribution >= 4 is 35.5 Å². The second kappa shape index (κ2) is 6.38. The molecule has 0 bridgehead atoms. The Morgan fingerprint density at radius 2 is 2.39 bits per heavy atom. The van der Waals surface area contributed by atoms with Gasteiger partial charge in [-0.3, -0.25) is 4.79 Å². The Labute approximate surface area is 116 Å². The summed E-state index contributed by atoms with van der Waals surface area (Å²) < 4.78 is 0. The zero-order chi connectivity index (χ0) is 13.0. The van der Waals surface area contributed by atoms with Crippen LogP contribution < -0.4 is 5.32 Å². The number of aldehydes is 1. The van der Waals surface area contributed by atoms with Crippen LogP contribution in [-0.2, 0) is 0 Å². The molecule has 2 atom stereocenters. The Kier molecular flexibility index (Phi) is 4.83. The van der Waals surface area contributed by atoms with Crippen LogP contribution in [0, 0.1) is 0 Å². The molecule has 0 amide bonds. The molecule has 6 heteroatoms. The van der Waals surface area contributed by atoms with Gasteiger partial charge < -0.3 is 5.32 Å². The van der Waals surface area contributed by atoms with E-state index in [9.17, 15) is 4.79 Å². The zero-order valence-electron chi connectivity index (χ0n) is 10.2. The van der Waals surface area contributed by atoms with E-state index in [0.717, 1.165) is 18.6 Å². The van der Waals surface area contributed by atoms with Crippen molar-refractivity contribution < 1.29 is 4.79 Å². The van der Waals surface area contributed by atoms with Crippen LogP contribution in [0.2, 0.25) is 5.15 Å². The third-order valence-corrected chi connectivity index (χ3v) is 4.61. The molecule has 0 radical (unpaired) electrons. The fraction of sp³-hybridized carbons (Fsp3) is 0.583. The Hall–Kier alpha value is -0.810. The fourth-order valence-electron chi connectivity index (χ4n) is 2.25. The van der Waals surface area contributed by atoms with Crippen molar-refractivity contribution in [2.24, 2.45) is 0 Å². The summed E-state index contributed by atoms with van der Waals surface area (Å²) in [5, 5.41) is 4.23. The molecule has 1 aliphatic rings. The lowest BCUT2D eigenvalue weighted by atomic mass is 10.2. The molecule has 1 aromatic rings. The highest BCUT2D eigenvalue weighted by Gasteiger charge is 2.25. The SMILES string of the molecule is CCSC1CCC(Nc2ncnc(Cl)c2C=O)C1. The first-order valence-corrected chi connectivity index (χ1v) is 7.51. The van der Waals surface area contributed by atoms with Gasteiger partial charge in [0, 0.05) is 11.3 Å². The van der Waals surface area contributed by atoms with Crippen LogP contribution in [0.4, 0.5) is 5.82 Å². The van der Waals surface area contributed by atoms with Crippen molar-refractivity contribution in [2.75, 3.05) is 11.1 Å². The van der Waals surface area contributed by atoms with Crippen LogP contribution in [0.15, 0.2) is 6.33 Å². The van der Waals surface area contributed by atoms with Crippen molar-refractivity contribution in [1.29, 1.82) is 0 Å². The van der Waals surface area contributed by atoms with Crippen molar-refractivity contribution in [1.82, 2.24) is 9.97 Å². The highest BCUT2D eigenvalue weighted by atomic mass is 35.5. The monoisotopic (exact) mass is 285 g/mol. The summed E-state index contributed by atoms with van der Waals surface area (Å²) >= 11 is 7.86. The summed E-state index contributed by atoms with van der Waals surface area (Å²) in [6.07, 6.45) is 5.52. The molecule has 1 aromatic heterocycles. The minimum Gasteiger partial charge on any atom is -0.367 e. The molecule has 1 fully saturated rings. The number of halogens is 1. The van der Waals surface area contributed by atoms with Gasteiger partial charge in [0.15, 0.2) is 6.29 Å². The van der Waals surface area contributed by atoms with Crippen molar-refractivity contribution in [3.8, 4) is 0 Å². The first-order chi connectivity index (χ1) is 8.74. The minimum atomic E-state index is 0.208. The maximum absolute atomic E-state index is 11.0. The molecule has 4 nitrogen and oxygen atoms in total. The summed E-state index contributed by atoms with van der Waals surface area (Å²) in [5.41, 5.74) is 0.353. The molecule has 2 rings (SSSR count). The number of rotatable bonds is 5. The Morgan fingerprint density at radius 3 is 3.11 bits per heavy atom. The number of hydrogen-bond acceptors (Lipinski definition) is 5. The van der Waals surface area contributed by atoms with Gasteiger partial charge in [0.25, 0.3) is 0 Å². The third-order valence-electron chi connectivity index (χ3n) is 3.08. The molecule has 18 heavy (non-hydrogen) atoms. The normalized spacial score (nSPS) is 23.0. The van der Waals surface area contributed by atoms with E-state index in [1.165, 1.54) is 12.7 Å². The predicted octanol–water partition coefficient (Wildman–Crippen LogP) is 3.03. The van der Waals surface area contributed by atoms with E-state index in [1.54, 1.807) is 0 Å². The molecule has 1 heterocycles. The highest BCUT2D eigenvalue weighted by Crippen LogP contribution is 2.32. The van der Waals surface area contributed by atoms with E-state index >= 15 is 0 Å².